The molecule has 1 atom stereocenters. The number of rotatable bonds is 6. The van der Waals surface area contributed by atoms with Crippen molar-refractivity contribution in [1.82, 2.24) is 10.2 Å². The Morgan fingerprint density at radius 1 is 1.50 bits per heavy atom. The van der Waals surface area contributed by atoms with Gasteiger partial charge in [0.05, 0.1) is 6.54 Å². The van der Waals surface area contributed by atoms with Crippen LogP contribution in [-0.2, 0) is 4.79 Å². The Balaban J connectivity index is 1.76. The number of amides is 1. The summed E-state index contributed by atoms with van der Waals surface area (Å²) in [5, 5.41) is 3.33. The Kier molecular flexibility index (Phi) is 6.90. The molecular formula is C18H28N4O2. The van der Waals surface area contributed by atoms with E-state index >= 15 is 0 Å². The maximum absolute atomic E-state index is 11.1. The van der Waals surface area contributed by atoms with Gasteiger partial charge < -0.3 is 20.7 Å². The molecule has 2 rings (SSSR count). The molecule has 0 spiro atoms. The zero-order chi connectivity index (χ0) is 17.4. The van der Waals surface area contributed by atoms with Crippen LogP contribution < -0.4 is 15.8 Å². The first-order valence-corrected chi connectivity index (χ1v) is 8.52. The van der Waals surface area contributed by atoms with Crippen LogP contribution in [0.15, 0.2) is 29.3 Å². The van der Waals surface area contributed by atoms with Crippen LogP contribution in [0.1, 0.15) is 24.8 Å². The maximum atomic E-state index is 11.1. The largest absolute Gasteiger partial charge is 0.492 e. The van der Waals surface area contributed by atoms with Gasteiger partial charge in [0.15, 0.2) is 5.96 Å². The number of nitrogens with one attached hydrogen (secondary N) is 1. The Labute approximate surface area is 144 Å². The fourth-order valence-corrected chi connectivity index (χ4v) is 3.08. The molecule has 0 aromatic heterocycles. The molecule has 1 heterocycles. The van der Waals surface area contributed by atoms with Gasteiger partial charge in [-0.3, -0.25) is 9.79 Å². The second kappa shape index (κ2) is 9.15. The molecule has 1 fully saturated rings. The second-order valence-electron chi connectivity index (χ2n) is 6.26. The fourth-order valence-electron chi connectivity index (χ4n) is 3.08. The third kappa shape index (κ3) is 5.76. The summed E-state index contributed by atoms with van der Waals surface area (Å²) in [5.41, 5.74) is 6.51. The third-order valence-corrected chi connectivity index (χ3v) is 4.16. The predicted octanol–water partition coefficient (Wildman–Crippen LogP) is 1.54. The van der Waals surface area contributed by atoms with Crippen LogP contribution in [0.2, 0.25) is 0 Å². The molecule has 132 valence electrons. The molecule has 0 saturated carbocycles. The van der Waals surface area contributed by atoms with Crippen molar-refractivity contribution in [2.24, 2.45) is 16.6 Å². The Bertz CT molecular complexity index is 574. The molecule has 1 unspecified atom stereocenters. The van der Waals surface area contributed by atoms with Crippen LogP contribution in [0.3, 0.4) is 0 Å². The lowest BCUT2D eigenvalue weighted by Gasteiger charge is -2.34. The molecule has 1 aromatic carbocycles. The summed E-state index contributed by atoms with van der Waals surface area (Å²) in [7, 11) is 1.78. The van der Waals surface area contributed by atoms with E-state index in [2.05, 4.69) is 15.2 Å². The van der Waals surface area contributed by atoms with E-state index in [0.29, 0.717) is 25.5 Å². The number of nitrogens with zero attached hydrogens (tertiary/aromatic N) is 2. The van der Waals surface area contributed by atoms with Crippen LogP contribution in [0, 0.1) is 12.8 Å². The van der Waals surface area contributed by atoms with E-state index in [9.17, 15) is 4.79 Å². The van der Waals surface area contributed by atoms with Crippen molar-refractivity contribution in [2.45, 2.75) is 26.2 Å². The van der Waals surface area contributed by atoms with Crippen molar-refractivity contribution in [3.05, 3.63) is 29.8 Å². The number of nitrogens with two attached hydrogens (primary N) is 1. The summed E-state index contributed by atoms with van der Waals surface area (Å²) >= 11 is 0. The molecule has 1 saturated heterocycles. The van der Waals surface area contributed by atoms with Gasteiger partial charge in [0.1, 0.15) is 12.4 Å². The minimum atomic E-state index is -0.226. The van der Waals surface area contributed by atoms with E-state index in [1.165, 1.54) is 5.56 Å². The molecule has 1 aliphatic rings. The summed E-state index contributed by atoms with van der Waals surface area (Å²) in [6, 6.07) is 8.02. The molecule has 6 heteroatoms. The summed E-state index contributed by atoms with van der Waals surface area (Å²) < 4.78 is 5.75. The molecule has 6 nitrogen and oxygen atoms in total. The van der Waals surface area contributed by atoms with Gasteiger partial charge in [0.2, 0.25) is 5.91 Å². The van der Waals surface area contributed by atoms with Crippen molar-refractivity contribution in [1.29, 1.82) is 0 Å². The summed E-state index contributed by atoms with van der Waals surface area (Å²) in [6.07, 6.45) is 2.55. The number of hydrogen-bond donors (Lipinski definition) is 2. The first kappa shape index (κ1) is 18.1. The standard InChI is InChI=1S/C18H28N4O2/c1-14-5-3-7-16(11-14)24-10-8-21-18(20-2)22-9-4-6-15(13-22)12-17(19)23/h3,5,7,11,15H,4,6,8-10,12-13H2,1-2H3,(H2,19,23)(H,20,21). The van der Waals surface area contributed by atoms with Crippen LogP contribution in [0.5, 0.6) is 5.75 Å². The van der Waals surface area contributed by atoms with Gasteiger partial charge >= 0.3 is 0 Å². The lowest BCUT2D eigenvalue weighted by Crippen LogP contribution is -2.48. The zero-order valence-corrected chi connectivity index (χ0v) is 14.6. The molecule has 1 amide bonds. The number of primary amides is 1. The minimum absolute atomic E-state index is 0.226. The van der Waals surface area contributed by atoms with Crippen molar-refractivity contribution in [2.75, 3.05) is 33.3 Å². The van der Waals surface area contributed by atoms with Gasteiger partial charge in [-0.2, -0.15) is 0 Å². The van der Waals surface area contributed by atoms with Gasteiger partial charge in [0, 0.05) is 26.6 Å². The minimum Gasteiger partial charge on any atom is -0.492 e. The number of benzene rings is 1. The molecule has 0 aliphatic carbocycles. The van der Waals surface area contributed by atoms with E-state index in [1.54, 1.807) is 7.05 Å². The quantitative estimate of drug-likeness (QED) is 0.470. The van der Waals surface area contributed by atoms with Gasteiger partial charge in [-0.05, 0) is 43.4 Å². The van der Waals surface area contributed by atoms with E-state index in [4.69, 9.17) is 10.5 Å². The van der Waals surface area contributed by atoms with Gasteiger partial charge in [-0.1, -0.05) is 12.1 Å². The Morgan fingerprint density at radius 3 is 3.04 bits per heavy atom. The van der Waals surface area contributed by atoms with Crippen LogP contribution >= 0.6 is 0 Å². The van der Waals surface area contributed by atoms with Crippen LogP contribution in [-0.4, -0.2) is 50.1 Å². The number of hydrogen-bond acceptors (Lipinski definition) is 3. The molecule has 0 radical (unpaired) electrons. The number of aryl methyl sites for hydroxylation is 1. The lowest BCUT2D eigenvalue weighted by molar-refractivity contribution is -0.119. The van der Waals surface area contributed by atoms with Gasteiger partial charge in [0.25, 0.3) is 0 Å². The van der Waals surface area contributed by atoms with Crippen molar-refractivity contribution < 1.29 is 9.53 Å². The topological polar surface area (TPSA) is 80.0 Å². The Hall–Kier alpha value is -2.24. The summed E-state index contributed by atoms with van der Waals surface area (Å²) in [4.78, 5) is 17.7. The SMILES string of the molecule is CN=C(NCCOc1cccc(C)c1)N1CCCC(CC(N)=O)C1. The molecule has 0 bridgehead atoms. The van der Waals surface area contributed by atoms with E-state index < -0.39 is 0 Å². The Morgan fingerprint density at radius 2 is 2.33 bits per heavy atom. The average Bonchev–Trinajstić information content (AvgIpc) is 2.54. The number of aliphatic imine (C=N–C) groups is 1. The normalized spacial score (nSPS) is 18.3. The van der Waals surface area contributed by atoms with Crippen LogP contribution in [0.4, 0.5) is 0 Å². The smallest absolute Gasteiger partial charge is 0.217 e. The molecular weight excluding hydrogens is 304 g/mol. The highest BCUT2D eigenvalue weighted by Crippen LogP contribution is 2.19. The number of piperidine rings is 1. The van der Waals surface area contributed by atoms with E-state index in [1.807, 2.05) is 31.2 Å². The highest BCUT2D eigenvalue weighted by Gasteiger charge is 2.23. The van der Waals surface area contributed by atoms with Crippen LogP contribution in [0.25, 0.3) is 0 Å². The first-order chi connectivity index (χ1) is 11.6. The maximum Gasteiger partial charge on any atom is 0.217 e. The van der Waals surface area contributed by atoms with Gasteiger partial charge in [-0.25, -0.2) is 0 Å². The molecule has 3 N–H and O–H groups in total. The first-order valence-electron chi connectivity index (χ1n) is 8.52. The number of guanidine groups is 1. The summed E-state index contributed by atoms with van der Waals surface area (Å²) in [5.74, 6) is 1.83. The van der Waals surface area contributed by atoms with Crippen molar-refractivity contribution in [3.8, 4) is 5.75 Å². The number of carbonyl (C=O) groups excluding carboxylic acids is 1. The molecule has 1 aromatic rings. The monoisotopic (exact) mass is 332 g/mol. The van der Waals surface area contributed by atoms with E-state index in [0.717, 1.165) is 37.6 Å². The third-order valence-electron chi connectivity index (χ3n) is 4.16. The van der Waals surface area contributed by atoms with E-state index in [-0.39, 0.29) is 5.91 Å². The van der Waals surface area contributed by atoms with Crippen molar-refractivity contribution in [3.63, 3.8) is 0 Å². The second-order valence-corrected chi connectivity index (χ2v) is 6.26. The fraction of sp³-hybridized carbons (Fsp3) is 0.556. The molecule has 1 aliphatic heterocycles. The van der Waals surface area contributed by atoms with Crippen molar-refractivity contribution >= 4 is 11.9 Å². The van der Waals surface area contributed by atoms with Gasteiger partial charge in [-0.15, -0.1) is 0 Å². The highest BCUT2D eigenvalue weighted by molar-refractivity contribution is 5.80. The number of ether oxygens (including phenoxy) is 1. The summed E-state index contributed by atoms with van der Waals surface area (Å²) in [6.45, 7) is 5.07. The molecule has 24 heavy (non-hydrogen) atoms. The number of likely N-dealkylation sites (tertiary alicyclic amines) is 1. The zero-order valence-electron chi connectivity index (χ0n) is 14.6. The lowest BCUT2D eigenvalue weighted by atomic mass is 9.95. The predicted molar refractivity (Wildman–Crippen MR) is 96.1 cm³/mol. The number of carbonyl (C=O) groups is 1. The average molecular weight is 332 g/mol. The highest BCUT2D eigenvalue weighted by atomic mass is 16.5.